The molecule has 4 rings (SSSR count). The first-order valence-corrected chi connectivity index (χ1v) is 10.7. The third kappa shape index (κ3) is 4.83. The van der Waals surface area contributed by atoms with E-state index in [9.17, 15) is 10.1 Å². The van der Waals surface area contributed by atoms with Crippen molar-refractivity contribution in [3.63, 3.8) is 0 Å². The Morgan fingerprint density at radius 1 is 1.21 bits per heavy atom. The highest BCUT2D eigenvalue weighted by molar-refractivity contribution is 6.30. The van der Waals surface area contributed by atoms with Crippen LogP contribution in [0.5, 0.6) is 0 Å². The van der Waals surface area contributed by atoms with Crippen LogP contribution in [-0.2, 0) is 6.42 Å². The molecule has 1 aliphatic heterocycles. The molecule has 2 fully saturated rings. The summed E-state index contributed by atoms with van der Waals surface area (Å²) in [5, 5.41) is 11.4. The third-order valence-electron chi connectivity index (χ3n) is 6.38. The molecule has 1 aliphatic carbocycles. The van der Waals surface area contributed by atoms with Crippen molar-refractivity contribution < 1.29 is 4.92 Å². The van der Waals surface area contributed by atoms with Gasteiger partial charge in [-0.15, -0.1) is 0 Å². The Bertz CT molecular complexity index is 868. The summed E-state index contributed by atoms with van der Waals surface area (Å²) in [6.07, 6.45) is 11.7. The number of hydrogen-bond donors (Lipinski definition) is 0. The third-order valence-corrected chi connectivity index (χ3v) is 6.58. The quantitative estimate of drug-likeness (QED) is 0.484. The predicted octanol–water partition coefficient (Wildman–Crippen LogP) is 4.62. The number of hydrogen-bond acceptors (Lipinski definition) is 6. The van der Waals surface area contributed by atoms with Gasteiger partial charge in [0.05, 0.1) is 22.3 Å². The van der Waals surface area contributed by atoms with Crippen molar-refractivity contribution in [1.82, 2.24) is 15.0 Å². The molecular formula is C21H26ClN5O2. The van der Waals surface area contributed by atoms with Gasteiger partial charge >= 0.3 is 0 Å². The smallest absolute Gasteiger partial charge is 0.287 e. The molecule has 2 aromatic heterocycles. The Hall–Kier alpha value is -2.28. The van der Waals surface area contributed by atoms with Gasteiger partial charge < -0.3 is 4.90 Å². The summed E-state index contributed by atoms with van der Waals surface area (Å²) in [6, 6.07) is 1.63. The fourth-order valence-corrected chi connectivity index (χ4v) is 4.76. The van der Waals surface area contributed by atoms with Gasteiger partial charge in [-0.25, -0.2) is 9.97 Å². The lowest BCUT2D eigenvalue weighted by molar-refractivity contribution is -0.385. The van der Waals surface area contributed by atoms with E-state index in [1.807, 2.05) is 6.92 Å². The van der Waals surface area contributed by atoms with Crippen LogP contribution < -0.4 is 4.90 Å². The Morgan fingerprint density at radius 3 is 2.59 bits per heavy atom. The van der Waals surface area contributed by atoms with E-state index >= 15 is 0 Å². The first kappa shape index (κ1) is 20.0. The Morgan fingerprint density at radius 2 is 1.93 bits per heavy atom. The Balaban J connectivity index is 1.19. The summed E-state index contributed by atoms with van der Waals surface area (Å²) < 4.78 is 0. The number of anilines is 1. The summed E-state index contributed by atoms with van der Waals surface area (Å²) in [5.41, 5.74) is 1.98. The van der Waals surface area contributed by atoms with Crippen LogP contribution >= 0.6 is 11.6 Å². The fraction of sp³-hybridized carbons (Fsp3) is 0.571. The molecule has 2 atom stereocenters. The second-order valence-electron chi connectivity index (χ2n) is 8.29. The molecule has 7 nitrogen and oxygen atoms in total. The maximum Gasteiger partial charge on any atom is 0.287 e. The number of nitro groups is 1. The van der Waals surface area contributed by atoms with Crippen LogP contribution in [-0.4, -0.2) is 33.0 Å². The molecule has 0 N–H and O–H groups in total. The lowest BCUT2D eigenvalue weighted by atomic mass is 9.90. The van der Waals surface area contributed by atoms with E-state index in [1.54, 1.807) is 18.5 Å². The number of aromatic nitrogens is 3. The second kappa shape index (κ2) is 8.61. The van der Waals surface area contributed by atoms with Crippen LogP contribution in [0.25, 0.3) is 0 Å². The molecule has 0 radical (unpaired) electrons. The van der Waals surface area contributed by atoms with E-state index in [0.29, 0.717) is 5.02 Å². The molecule has 2 aliphatic rings. The van der Waals surface area contributed by atoms with Gasteiger partial charge in [0, 0.05) is 24.8 Å². The lowest BCUT2D eigenvalue weighted by Crippen LogP contribution is -2.35. The zero-order chi connectivity index (χ0) is 20.4. The van der Waals surface area contributed by atoms with E-state index in [4.69, 9.17) is 11.6 Å². The molecule has 0 aromatic carbocycles. The average Bonchev–Trinajstić information content (AvgIpc) is 3.49. The highest BCUT2D eigenvalue weighted by atomic mass is 35.5. The van der Waals surface area contributed by atoms with Crippen molar-refractivity contribution in [1.29, 1.82) is 0 Å². The minimum atomic E-state index is -0.386. The van der Waals surface area contributed by atoms with Crippen LogP contribution in [0.4, 0.5) is 11.6 Å². The summed E-state index contributed by atoms with van der Waals surface area (Å²) in [5.74, 6) is 3.28. The van der Waals surface area contributed by atoms with Crippen LogP contribution in [0, 0.1) is 34.8 Å². The minimum absolute atomic E-state index is 0.0730. The van der Waals surface area contributed by atoms with Gasteiger partial charge in [0.25, 0.3) is 5.69 Å². The summed E-state index contributed by atoms with van der Waals surface area (Å²) in [7, 11) is 0. The van der Waals surface area contributed by atoms with Gasteiger partial charge in [-0.3, -0.25) is 15.1 Å². The van der Waals surface area contributed by atoms with Crippen molar-refractivity contribution in [2.75, 3.05) is 18.0 Å². The maximum absolute atomic E-state index is 10.8. The fourth-order valence-electron chi connectivity index (χ4n) is 4.66. The lowest BCUT2D eigenvalue weighted by Gasteiger charge is -2.32. The van der Waals surface area contributed by atoms with Crippen molar-refractivity contribution in [3.8, 4) is 0 Å². The number of aryl methyl sites for hydroxylation is 2. The summed E-state index contributed by atoms with van der Waals surface area (Å²) in [6.45, 7) is 3.94. The van der Waals surface area contributed by atoms with Crippen LogP contribution in [0.2, 0.25) is 5.02 Å². The zero-order valence-corrected chi connectivity index (χ0v) is 17.4. The number of pyridine rings is 1. The van der Waals surface area contributed by atoms with Gasteiger partial charge in [-0.1, -0.05) is 11.6 Å². The standard InChI is InChI=1S/C21H26ClN5O2/c1-14-9-18(27(28)29)13-23-20(14)4-2-3-16-10-19(16)15-5-7-26(8-6-15)21-24-11-17(22)12-25-21/h9,11-13,15-16,19H,2-8,10H2,1H3/t16-,19-/m1/s1. The summed E-state index contributed by atoms with van der Waals surface area (Å²) >= 11 is 5.87. The molecule has 8 heteroatoms. The number of piperidine rings is 1. The van der Waals surface area contributed by atoms with Crippen LogP contribution in [0.1, 0.15) is 43.4 Å². The molecule has 2 aromatic rings. The molecular weight excluding hydrogens is 390 g/mol. The van der Waals surface area contributed by atoms with E-state index in [1.165, 1.54) is 31.9 Å². The van der Waals surface area contributed by atoms with Crippen LogP contribution in [0.15, 0.2) is 24.7 Å². The average molecular weight is 416 g/mol. The van der Waals surface area contributed by atoms with Gasteiger partial charge in [0.15, 0.2) is 0 Å². The highest BCUT2D eigenvalue weighted by Crippen LogP contribution is 2.50. The highest BCUT2D eigenvalue weighted by Gasteiger charge is 2.43. The maximum atomic E-state index is 10.8. The number of nitrogens with zero attached hydrogens (tertiary/aromatic N) is 5. The van der Waals surface area contributed by atoms with Gasteiger partial charge in [-0.2, -0.15) is 0 Å². The minimum Gasteiger partial charge on any atom is -0.341 e. The molecule has 0 spiro atoms. The molecule has 0 unspecified atom stereocenters. The van der Waals surface area contributed by atoms with Gasteiger partial charge in [0.2, 0.25) is 5.95 Å². The molecule has 0 amide bonds. The van der Waals surface area contributed by atoms with E-state index in [-0.39, 0.29) is 10.6 Å². The number of halogens is 1. The van der Waals surface area contributed by atoms with Crippen LogP contribution in [0.3, 0.4) is 0 Å². The molecule has 1 saturated heterocycles. The van der Waals surface area contributed by atoms with Crippen molar-refractivity contribution in [2.45, 2.75) is 45.4 Å². The Kier molecular flexibility index (Phi) is 5.94. The predicted molar refractivity (Wildman–Crippen MR) is 112 cm³/mol. The molecule has 3 heterocycles. The SMILES string of the molecule is Cc1cc([N+](=O)[O-])cnc1CCC[C@@H]1C[C@@H]1C1CCN(c2ncc(Cl)cn2)CC1. The first-order chi connectivity index (χ1) is 14.0. The number of rotatable bonds is 7. The van der Waals surface area contributed by atoms with Gasteiger partial charge in [-0.05, 0) is 68.8 Å². The Labute approximate surface area is 175 Å². The van der Waals surface area contributed by atoms with Gasteiger partial charge in [0.1, 0.15) is 6.20 Å². The largest absolute Gasteiger partial charge is 0.341 e. The summed E-state index contributed by atoms with van der Waals surface area (Å²) in [4.78, 5) is 25.7. The van der Waals surface area contributed by atoms with Crippen molar-refractivity contribution in [2.24, 2.45) is 17.8 Å². The topological polar surface area (TPSA) is 85.0 Å². The van der Waals surface area contributed by atoms with E-state index < -0.39 is 0 Å². The van der Waals surface area contributed by atoms with E-state index in [2.05, 4.69) is 19.9 Å². The molecule has 29 heavy (non-hydrogen) atoms. The first-order valence-electron chi connectivity index (χ1n) is 10.3. The normalized spacial score (nSPS) is 21.9. The monoisotopic (exact) mass is 415 g/mol. The zero-order valence-electron chi connectivity index (χ0n) is 16.6. The molecule has 154 valence electrons. The van der Waals surface area contributed by atoms with Crippen molar-refractivity contribution in [3.05, 3.63) is 51.1 Å². The molecule has 0 bridgehead atoms. The van der Waals surface area contributed by atoms with E-state index in [0.717, 1.165) is 60.9 Å². The molecule has 1 saturated carbocycles. The van der Waals surface area contributed by atoms with Crippen molar-refractivity contribution >= 4 is 23.2 Å². The second-order valence-corrected chi connectivity index (χ2v) is 8.73.